The van der Waals surface area contributed by atoms with Crippen LogP contribution in [-0.4, -0.2) is 33.5 Å². The summed E-state index contributed by atoms with van der Waals surface area (Å²) in [6, 6.07) is 0. The van der Waals surface area contributed by atoms with E-state index in [2.05, 4.69) is 25.6 Å². The summed E-state index contributed by atoms with van der Waals surface area (Å²) >= 11 is 0. The zero-order chi connectivity index (χ0) is 13.8. The molecule has 5 heteroatoms. The second-order valence-corrected chi connectivity index (χ2v) is 5.87. The van der Waals surface area contributed by atoms with Crippen molar-refractivity contribution in [3.05, 3.63) is 17.7 Å². The lowest BCUT2D eigenvalue weighted by Crippen LogP contribution is -2.38. The van der Waals surface area contributed by atoms with Gasteiger partial charge in [-0.3, -0.25) is 0 Å². The summed E-state index contributed by atoms with van der Waals surface area (Å²) in [5.74, 6) is 1.91. The molecule has 0 radical (unpaired) electrons. The van der Waals surface area contributed by atoms with Crippen LogP contribution < -0.4 is 5.73 Å². The summed E-state index contributed by atoms with van der Waals surface area (Å²) in [5.41, 5.74) is 7.18. The number of hydrogen-bond donors (Lipinski definition) is 1. The molecule has 0 aromatic carbocycles. The molecule has 3 rings (SSSR count). The van der Waals surface area contributed by atoms with Crippen molar-refractivity contribution < 1.29 is 0 Å². The van der Waals surface area contributed by atoms with Gasteiger partial charge in [-0.2, -0.15) is 0 Å². The maximum Gasteiger partial charge on any atom is 0.191 e. The van der Waals surface area contributed by atoms with E-state index in [0.29, 0.717) is 12.5 Å². The van der Waals surface area contributed by atoms with Gasteiger partial charge < -0.3 is 15.2 Å². The highest BCUT2D eigenvalue weighted by atomic mass is 15.2. The van der Waals surface area contributed by atoms with E-state index in [-0.39, 0.29) is 0 Å². The van der Waals surface area contributed by atoms with Gasteiger partial charge >= 0.3 is 0 Å². The monoisotopic (exact) mass is 275 g/mol. The summed E-state index contributed by atoms with van der Waals surface area (Å²) in [4.78, 5) is 11.4. The molecule has 110 valence electrons. The van der Waals surface area contributed by atoms with E-state index in [1.54, 1.807) is 0 Å². The van der Waals surface area contributed by atoms with Crippen LogP contribution in [0.15, 0.2) is 11.2 Å². The maximum atomic E-state index is 6.13. The summed E-state index contributed by atoms with van der Waals surface area (Å²) in [7, 11) is 0. The lowest BCUT2D eigenvalue weighted by Gasteiger charge is -2.20. The molecule has 3 heterocycles. The first kappa shape index (κ1) is 13.5. The third kappa shape index (κ3) is 3.14. The quantitative estimate of drug-likeness (QED) is 0.662. The number of aliphatic imine (C=N–C) groups is 1. The van der Waals surface area contributed by atoms with E-state index in [4.69, 9.17) is 5.73 Å². The van der Waals surface area contributed by atoms with Crippen LogP contribution in [0.3, 0.4) is 0 Å². The first-order valence-electron chi connectivity index (χ1n) is 7.93. The van der Waals surface area contributed by atoms with Crippen LogP contribution in [0, 0.1) is 0 Å². The minimum Gasteiger partial charge on any atom is -0.370 e. The summed E-state index contributed by atoms with van der Waals surface area (Å²) in [5, 5.41) is 0. The molecule has 0 amide bonds. The molecule has 1 saturated heterocycles. The fourth-order valence-electron chi connectivity index (χ4n) is 3.11. The fourth-order valence-corrected chi connectivity index (χ4v) is 3.11. The standard InChI is InChI=1S/C15H25N5/c16-15(19-8-4-1-2-5-9-19)17-11-13-12-20-10-6-3-7-14(20)18-13/h12H,1-11H2,(H2,16,17). The molecule has 2 N–H and O–H groups in total. The molecule has 2 aliphatic heterocycles. The summed E-state index contributed by atoms with van der Waals surface area (Å²) < 4.78 is 2.27. The predicted octanol–water partition coefficient (Wildman–Crippen LogP) is 1.91. The number of rotatable bonds is 2. The van der Waals surface area contributed by atoms with Gasteiger partial charge in [0.25, 0.3) is 0 Å². The van der Waals surface area contributed by atoms with Gasteiger partial charge in [-0.05, 0) is 25.7 Å². The van der Waals surface area contributed by atoms with Crippen molar-refractivity contribution in [1.82, 2.24) is 14.5 Å². The molecule has 1 aromatic rings. The largest absolute Gasteiger partial charge is 0.370 e. The SMILES string of the molecule is NC(=NCc1cn2c(n1)CCCC2)N1CCCCCC1. The number of aryl methyl sites for hydroxylation is 2. The predicted molar refractivity (Wildman–Crippen MR) is 80.5 cm³/mol. The number of nitrogens with zero attached hydrogens (tertiary/aromatic N) is 4. The van der Waals surface area contributed by atoms with E-state index < -0.39 is 0 Å². The number of hydrogen-bond acceptors (Lipinski definition) is 2. The molecule has 1 fully saturated rings. The molecule has 2 aliphatic rings. The van der Waals surface area contributed by atoms with Crippen molar-refractivity contribution in [3.8, 4) is 0 Å². The van der Waals surface area contributed by atoms with E-state index in [1.807, 2.05) is 0 Å². The van der Waals surface area contributed by atoms with E-state index in [1.165, 1.54) is 44.3 Å². The normalized spacial score (nSPS) is 20.6. The van der Waals surface area contributed by atoms with Crippen LogP contribution in [0.2, 0.25) is 0 Å². The van der Waals surface area contributed by atoms with Crippen LogP contribution in [-0.2, 0) is 19.5 Å². The highest BCUT2D eigenvalue weighted by Gasteiger charge is 2.13. The van der Waals surface area contributed by atoms with Gasteiger partial charge in [-0.1, -0.05) is 12.8 Å². The van der Waals surface area contributed by atoms with Crippen molar-refractivity contribution in [2.75, 3.05) is 13.1 Å². The van der Waals surface area contributed by atoms with Crippen molar-refractivity contribution in [3.63, 3.8) is 0 Å². The van der Waals surface area contributed by atoms with E-state index >= 15 is 0 Å². The second-order valence-electron chi connectivity index (χ2n) is 5.87. The highest BCUT2D eigenvalue weighted by molar-refractivity contribution is 5.78. The molecule has 20 heavy (non-hydrogen) atoms. The van der Waals surface area contributed by atoms with Crippen molar-refractivity contribution >= 4 is 5.96 Å². The Morgan fingerprint density at radius 1 is 1.10 bits per heavy atom. The van der Waals surface area contributed by atoms with Gasteiger partial charge in [0.1, 0.15) is 5.82 Å². The smallest absolute Gasteiger partial charge is 0.191 e. The highest BCUT2D eigenvalue weighted by Crippen LogP contribution is 2.15. The average Bonchev–Trinajstić information content (AvgIpc) is 2.69. The molecule has 0 saturated carbocycles. The zero-order valence-electron chi connectivity index (χ0n) is 12.2. The van der Waals surface area contributed by atoms with E-state index in [0.717, 1.165) is 31.7 Å². The van der Waals surface area contributed by atoms with E-state index in [9.17, 15) is 0 Å². The minimum absolute atomic E-state index is 0.613. The Kier molecular flexibility index (Phi) is 4.23. The van der Waals surface area contributed by atoms with Crippen LogP contribution in [0.25, 0.3) is 0 Å². The van der Waals surface area contributed by atoms with Crippen LogP contribution in [0.4, 0.5) is 0 Å². The Hall–Kier alpha value is -1.52. The molecule has 0 spiro atoms. The number of imidazole rings is 1. The third-order valence-electron chi connectivity index (χ3n) is 4.29. The molecule has 0 unspecified atom stereocenters. The number of aromatic nitrogens is 2. The van der Waals surface area contributed by atoms with Crippen LogP contribution in [0.5, 0.6) is 0 Å². The lowest BCUT2D eigenvalue weighted by molar-refractivity contribution is 0.428. The Bertz CT molecular complexity index is 445. The third-order valence-corrected chi connectivity index (χ3v) is 4.29. The molecule has 5 nitrogen and oxygen atoms in total. The first-order chi connectivity index (χ1) is 9.83. The molecular weight excluding hydrogens is 250 g/mol. The van der Waals surface area contributed by atoms with Crippen molar-refractivity contribution in [1.29, 1.82) is 0 Å². The Morgan fingerprint density at radius 3 is 2.60 bits per heavy atom. The average molecular weight is 275 g/mol. The topological polar surface area (TPSA) is 59.4 Å². The maximum absolute atomic E-state index is 6.13. The van der Waals surface area contributed by atoms with Crippen LogP contribution >= 0.6 is 0 Å². The molecule has 1 aromatic heterocycles. The number of likely N-dealkylation sites (tertiary alicyclic amines) is 1. The van der Waals surface area contributed by atoms with Gasteiger partial charge in [0.15, 0.2) is 5.96 Å². The molecule has 0 aliphatic carbocycles. The van der Waals surface area contributed by atoms with Crippen LogP contribution in [0.1, 0.15) is 50.0 Å². The van der Waals surface area contributed by atoms with Gasteiger partial charge in [0.05, 0.1) is 12.2 Å². The van der Waals surface area contributed by atoms with Gasteiger partial charge in [0, 0.05) is 32.3 Å². The molecule has 0 bridgehead atoms. The number of fused-ring (bicyclic) bond motifs is 1. The Balaban J connectivity index is 1.62. The first-order valence-corrected chi connectivity index (χ1v) is 7.93. The van der Waals surface area contributed by atoms with Gasteiger partial charge in [0.2, 0.25) is 0 Å². The Labute approximate surface area is 120 Å². The number of guanidine groups is 1. The van der Waals surface area contributed by atoms with Crippen molar-refractivity contribution in [2.45, 2.75) is 58.0 Å². The lowest BCUT2D eigenvalue weighted by atomic mass is 10.2. The molecular formula is C15H25N5. The second kappa shape index (κ2) is 6.29. The fraction of sp³-hybridized carbons (Fsp3) is 0.733. The summed E-state index contributed by atoms with van der Waals surface area (Å²) in [6.45, 7) is 3.82. The minimum atomic E-state index is 0.613. The summed E-state index contributed by atoms with van der Waals surface area (Å²) in [6.07, 6.45) is 10.9. The van der Waals surface area contributed by atoms with Crippen molar-refractivity contribution in [2.24, 2.45) is 10.7 Å². The van der Waals surface area contributed by atoms with Gasteiger partial charge in [-0.15, -0.1) is 0 Å². The number of nitrogens with two attached hydrogens (primary N) is 1. The molecule has 0 atom stereocenters. The zero-order valence-corrected chi connectivity index (χ0v) is 12.2. The van der Waals surface area contributed by atoms with Gasteiger partial charge in [-0.25, -0.2) is 9.98 Å². The Morgan fingerprint density at radius 2 is 1.85 bits per heavy atom.